The van der Waals surface area contributed by atoms with E-state index in [4.69, 9.17) is 16.3 Å². The van der Waals surface area contributed by atoms with Crippen molar-refractivity contribution in [3.8, 4) is 0 Å². The maximum absolute atomic E-state index is 13.9. The Morgan fingerprint density at radius 1 is 0.977 bits per heavy atom. The maximum atomic E-state index is 13.9. The summed E-state index contributed by atoms with van der Waals surface area (Å²) in [6, 6.07) is 20.5. The highest BCUT2D eigenvalue weighted by atomic mass is 35.5. The summed E-state index contributed by atoms with van der Waals surface area (Å²) in [6.45, 7) is 5.53. The number of rotatable bonds is 12. The first-order valence-electron chi connectivity index (χ1n) is 14.7. The molecule has 0 saturated carbocycles. The Balaban J connectivity index is 1.62. The fourth-order valence-corrected chi connectivity index (χ4v) is 5.25. The highest BCUT2D eigenvalue weighted by Gasteiger charge is 2.31. The molecule has 0 spiro atoms. The molecular weight excluding hydrogens is 578 g/mol. The van der Waals surface area contributed by atoms with E-state index in [0.717, 1.165) is 35.5 Å². The molecule has 10 heteroatoms. The van der Waals surface area contributed by atoms with E-state index < -0.39 is 6.04 Å². The minimum absolute atomic E-state index is 0.0959. The maximum Gasteiger partial charge on any atom is 0.247 e. The highest BCUT2D eigenvalue weighted by molar-refractivity contribution is 6.29. The van der Waals surface area contributed by atoms with Crippen LogP contribution in [0.2, 0.25) is 5.15 Å². The van der Waals surface area contributed by atoms with E-state index in [1.54, 1.807) is 55.3 Å². The molecule has 0 radical (unpaired) electrons. The van der Waals surface area contributed by atoms with Gasteiger partial charge in [-0.25, -0.2) is 4.98 Å². The number of halogens is 1. The molecule has 4 rings (SSSR count). The van der Waals surface area contributed by atoms with Crippen LogP contribution in [-0.2, 0) is 32.1 Å². The zero-order valence-electron chi connectivity index (χ0n) is 25.6. The average Bonchev–Trinajstić information content (AvgIpc) is 3.05. The summed E-state index contributed by atoms with van der Waals surface area (Å²) in [6.07, 6.45) is 5.11. The van der Waals surface area contributed by atoms with E-state index in [1.807, 2.05) is 59.5 Å². The van der Waals surface area contributed by atoms with Gasteiger partial charge in [-0.3, -0.25) is 14.4 Å². The zero-order valence-corrected chi connectivity index (χ0v) is 26.3. The molecule has 1 saturated heterocycles. The average molecular weight is 618 g/mol. The van der Waals surface area contributed by atoms with Crippen LogP contribution in [0, 0.1) is 0 Å². The summed E-state index contributed by atoms with van der Waals surface area (Å²) < 4.78 is 5.21. The van der Waals surface area contributed by atoms with Crippen LogP contribution in [0.25, 0.3) is 6.08 Å². The number of methoxy groups -OCH3 is 1. The molecule has 3 aromatic rings. The lowest BCUT2D eigenvalue weighted by atomic mass is 10.0. The predicted octanol–water partition coefficient (Wildman–Crippen LogP) is 4.16. The first-order valence-corrected chi connectivity index (χ1v) is 15.1. The van der Waals surface area contributed by atoms with Gasteiger partial charge in [-0.2, -0.15) is 0 Å². The molecule has 9 nitrogen and oxygen atoms in total. The fraction of sp³-hybridized carbons (Fsp3) is 0.353. The van der Waals surface area contributed by atoms with Crippen molar-refractivity contribution >= 4 is 41.1 Å². The Bertz CT molecular complexity index is 1410. The molecule has 0 unspecified atom stereocenters. The van der Waals surface area contributed by atoms with Gasteiger partial charge in [0, 0.05) is 84.7 Å². The van der Waals surface area contributed by atoms with Crippen LogP contribution in [0.15, 0.2) is 79.0 Å². The van der Waals surface area contributed by atoms with Gasteiger partial charge >= 0.3 is 0 Å². The largest absolute Gasteiger partial charge is 0.383 e. The van der Waals surface area contributed by atoms with Crippen molar-refractivity contribution in [2.75, 3.05) is 58.4 Å². The van der Waals surface area contributed by atoms with Crippen molar-refractivity contribution in [3.63, 3.8) is 0 Å². The van der Waals surface area contributed by atoms with Gasteiger partial charge in [-0.05, 0) is 41.0 Å². The number of amides is 3. The van der Waals surface area contributed by atoms with Crippen molar-refractivity contribution in [1.82, 2.24) is 19.7 Å². The smallest absolute Gasteiger partial charge is 0.247 e. The van der Waals surface area contributed by atoms with Crippen LogP contribution < -0.4 is 4.90 Å². The Hall–Kier alpha value is -4.21. The Morgan fingerprint density at radius 2 is 1.68 bits per heavy atom. The summed E-state index contributed by atoms with van der Waals surface area (Å²) in [7, 11) is 3.33. The number of nitrogens with zero attached hydrogens (tertiary/aromatic N) is 5. The third-order valence-corrected chi connectivity index (χ3v) is 7.99. The molecule has 232 valence electrons. The van der Waals surface area contributed by atoms with E-state index in [-0.39, 0.29) is 24.3 Å². The number of likely N-dealkylation sites (N-methyl/N-ethyl adjacent to an activating group) is 1. The van der Waals surface area contributed by atoms with Crippen LogP contribution in [0.5, 0.6) is 0 Å². The Morgan fingerprint density at radius 3 is 2.30 bits per heavy atom. The minimum atomic E-state index is -0.751. The van der Waals surface area contributed by atoms with E-state index in [2.05, 4.69) is 9.88 Å². The first kappa shape index (κ1) is 32.7. The number of anilines is 1. The first-order chi connectivity index (χ1) is 21.2. The normalized spacial score (nSPS) is 14.0. The van der Waals surface area contributed by atoms with Crippen molar-refractivity contribution in [1.29, 1.82) is 0 Å². The van der Waals surface area contributed by atoms with Crippen LogP contribution in [0.3, 0.4) is 0 Å². The SMILES string of the molecule is COCCN(C)C(=O)[C@H](Cc1ccccc1)N(Cc1ccc(N2CCN(C(C)=O)CC2)cc1)C(=O)/C=C\c1ccc(Cl)nc1. The van der Waals surface area contributed by atoms with Crippen molar-refractivity contribution < 1.29 is 19.1 Å². The van der Waals surface area contributed by atoms with Gasteiger partial charge < -0.3 is 24.3 Å². The van der Waals surface area contributed by atoms with Gasteiger partial charge in [0.1, 0.15) is 11.2 Å². The molecule has 1 atom stereocenters. The number of ether oxygens (including phenoxy) is 1. The van der Waals surface area contributed by atoms with Crippen LogP contribution in [-0.4, -0.2) is 96.9 Å². The van der Waals surface area contributed by atoms with Crippen molar-refractivity contribution in [2.24, 2.45) is 0 Å². The number of aromatic nitrogens is 1. The Labute approximate surface area is 264 Å². The van der Waals surface area contributed by atoms with Gasteiger partial charge in [0.15, 0.2) is 0 Å². The predicted molar refractivity (Wildman–Crippen MR) is 173 cm³/mol. The summed E-state index contributed by atoms with van der Waals surface area (Å²) in [4.78, 5) is 51.0. The fourth-order valence-electron chi connectivity index (χ4n) is 5.14. The van der Waals surface area contributed by atoms with E-state index in [0.29, 0.717) is 37.8 Å². The highest BCUT2D eigenvalue weighted by Crippen LogP contribution is 2.21. The number of carbonyl (C=O) groups is 3. The number of hydrogen-bond acceptors (Lipinski definition) is 6. The summed E-state index contributed by atoms with van der Waals surface area (Å²) in [5.74, 6) is -0.363. The molecule has 0 bridgehead atoms. The van der Waals surface area contributed by atoms with E-state index in [1.165, 1.54) is 6.08 Å². The summed E-state index contributed by atoms with van der Waals surface area (Å²) >= 11 is 5.93. The second-order valence-corrected chi connectivity index (χ2v) is 11.2. The molecule has 1 fully saturated rings. The third kappa shape index (κ3) is 9.14. The quantitative estimate of drug-likeness (QED) is 0.224. The molecule has 2 heterocycles. The number of hydrogen-bond donors (Lipinski definition) is 0. The number of piperazine rings is 1. The summed E-state index contributed by atoms with van der Waals surface area (Å²) in [5.41, 5.74) is 3.63. The molecule has 1 aromatic heterocycles. The number of pyridine rings is 1. The lowest BCUT2D eigenvalue weighted by Crippen LogP contribution is -2.51. The monoisotopic (exact) mass is 617 g/mol. The summed E-state index contributed by atoms with van der Waals surface area (Å²) in [5, 5.41) is 0.367. The molecule has 44 heavy (non-hydrogen) atoms. The second kappa shape index (κ2) is 16.0. The lowest BCUT2D eigenvalue weighted by molar-refractivity contribution is -0.143. The van der Waals surface area contributed by atoms with E-state index in [9.17, 15) is 14.4 Å². The molecule has 1 aliphatic rings. The third-order valence-electron chi connectivity index (χ3n) is 7.77. The molecule has 0 N–H and O–H groups in total. The lowest BCUT2D eigenvalue weighted by Gasteiger charge is -2.36. The van der Waals surface area contributed by atoms with Gasteiger partial charge in [0.25, 0.3) is 0 Å². The number of benzene rings is 2. The molecule has 3 amide bonds. The molecule has 1 aliphatic heterocycles. The van der Waals surface area contributed by atoms with Gasteiger partial charge in [-0.1, -0.05) is 60.1 Å². The van der Waals surface area contributed by atoms with Gasteiger partial charge in [-0.15, -0.1) is 0 Å². The minimum Gasteiger partial charge on any atom is -0.383 e. The van der Waals surface area contributed by atoms with E-state index >= 15 is 0 Å². The van der Waals surface area contributed by atoms with Crippen LogP contribution in [0.1, 0.15) is 23.6 Å². The van der Waals surface area contributed by atoms with Crippen LogP contribution in [0.4, 0.5) is 5.69 Å². The van der Waals surface area contributed by atoms with Gasteiger partial charge in [0.2, 0.25) is 17.7 Å². The van der Waals surface area contributed by atoms with Crippen LogP contribution >= 0.6 is 11.6 Å². The standard InChI is InChI=1S/C34H40ClN5O4/c1-26(41)38-17-19-39(20-18-38)30-13-9-29(10-14-30)25-40(33(42)16-12-28-11-15-32(35)36-24-28)31(23-27-7-5-4-6-8-27)34(43)37(2)21-22-44-3/h4-16,24,31H,17-23,25H2,1-3H3/b16-12-/t31-/m0/s1. The van der Waals surface area contributed by atoms with Crippen molar-refractivity contribution in [3.05, 3.63) is 101 Å². The topological polar surface area (TPSA) is 86.3 Å². The number of carbonyl (C=O) groups excluding carboxylic acids is 3. The molecule has 0 aliphatic carbocycles. The zero-order chi connectivity index (χ0) is 31.5. The van der Waals surface area contributed by atoms with Crippen molar-refractivity contribution in [2.45, 2.75) is 25.9 Å². The molecular formula is C34H40ClN5O4. The molecule has 2 aromatic carbocycles. The van der Waals surface area contributed by atoms with Gasteiger partial charge in [0.05, 0.1) is 6.61 Å². The Kier molecular flexibility index (Phi) is 11.9. The second-order valence-electron chi connectivity index (χ2n) is 10.8.